The van der Waals surface area contributed by atoms with Crippen LogP contribution >= 0.6 is 0 Å². The first-order chi connectivity index (χ1) is 20.0. The smallest absolute Gasteiger partial charge is 0.338 e. The van der Waals surface area contributed by atoms with Crippen LogP contribution in [0.25, 0.3) is 0 Å². The lowest BCUT2D eigenvalue weighted by molar-refractivity contribution is -0.199. The number of halogens is 1. The van der Waals surface area contributed by atoms with Crippen LogP contribution in [-0.4, -0.2) is 50.8 Å². The number of carbonyl (C=O) groups is 2. The van der Waals surface area contributed by atoms with Gasteiger partial charge in [0.25, 0.3) is 0 Å². The molecule has 1 aliphatic carbocycles. The van der Waals surface area contributed by atoms with Crippen molar-refractivity contribution >= 4 is 11.9 Å². The molecule has 4 rings (SSSR count). The Hall–Kier alpha value is -3.07. The fourth-order valence-corrected chi connectivity index (χ4v) is 5.53. The van der Waals surface area contributed by atoms with Gasteiger partial charge >= 0.3 is 11.9 Å². The van der Waals surface area contributed by atoms with E-state index in [0.717, 1.165) is 25.7 Å². The standard InChI is InChI=1S/C33H41FO7/c1-37-31(35)18-8-3-2-7-16-26-27(23-38-22-25-15-9-10-17-28(25)34)30(40-32-19-11-12-20-39-32)21-29(26)41-33(36)24-13-5-4-6-14-24/h2,4-7,9-10,13-15,17,26-27,29-30,32H,3,8,11-12,16,18-23H2,1H3/b7-2-/t26-,27-,29+,30+,32?/m0/s1. The Morgan fingerprint density at radius 1 is 1.00 bits per heavy atom. The summed E-state index contributed by atoms with van der Waals surface area (Å²) in [6.07, 6.45) is 9.02. The molecule has 8 heteroatoms. The van der Waals surface area contributed by atoms with Gasteiger partial charge < -0.3 is 23.7 Å². The molecule has 7 nitrogen and oxygen atoms in total. The topological polar surface area (TPSA) is 80.3 Å². The molecule has 2 aromatic carbocycles. The molecular formula is C33H41FO7. The third-order valence-electron chi connectivity index (χ3n) is 7.78. The van der Waals surface area contributed by atoms with Crippen molar-refractivity contribution in [3.8, 4) is 0 Å². The molecule has 0 radical (unpaired) electrons. The summed E-state index contributed by atoms with van der Waals surface area (Å²) in [6.45, 7) is 1.13. The van der Waals surface area contributed by atoms with Crippen LogP contribution < -0.4 is 0 Å². The van der Waals surface area contributed by atoms with Crippen molar-refractivity contribution in [1.29, 1.82) is 0 Å². The van der Waals surface area contributed by atoms with E-state index in [2.05, 4.69) is 12.2 Å². The maximum absolute atomic E-state index is 14.2. The Bertz CT molecular complexity index is 1120. The SMILES string of the molecule is COC(=O)CCC/C=C\C[C@H]1[C@H](COCc2ccccc2F)[C@H](OC2CCCCO2)C[C@H]1OC(=O)c1ccccc1. The highest BCUT2D eigenvalue weighted by atomic mass is 19.1. The third-order valence-corrected chi connectivity index (χ3v) is 7.78. The van der Waals surface area contributed by atoms with Crippen molar-refractivity contribution in [2.75, 3.05) is 20.3 Å². The predicted octanol–water partition coefficient (Wildman–Crippen LogP) is 6.41. The molecule has 2 fully saturated rings. The van der Waals surface area contributed by atoms with E-state index in [-0.39, 0.29) is 48.6 Å². The summed E-state index contributed by atoms with van der Waals surface area (Å²) >= 11 is 0. The Morgan fingerprint density at radius 2 is 1.80 bits per heavy atom. The molecule has 1 saturated carbocycles. The van der Waals surface area contributed by atoms with Gasteiger partial charge in [-0.2, -0.15) is 0 Å². The van der Waals surface area contributed by atoms with Crippen LogP contribution in [0.15, 0.2) is 66.7 Å². The molecule has 41 heavy (non-hydrogen) atoms. The molecule has 1 saturated heterocycles. The summed E-state index contributed by atoms with van der Waals surface area (Å²) in [6, 6.07) is 15.5. The summed E-state index contributed by atoms with van der Waals surface area (Å²) in [7, 11) is 1.39. The van der Waals surface area contributed by atoms with Gasteiger partial charge in [-0.1, -0.05) is 48.6 Å². The quantitative estimate of drug-likeness (QED) is 0.148. The van der Waals surface area contributed by atoms with Gasteiger partial charge in [-0.25, -0.2) is 9.18 Å². The summed E-state index contributed by atoms with van der Waals surface area (Å²) in [5.74, 6) is -1.07. The highest BCUT2D eigenvalue weighted by Gasteiger charge is 2.46. The molecule has 0 aromatic heterocycles. The molecule has 0 spiro atoms. The zero-order chi connectivity index (χ0) is 28.9. The van der Waals surface area contributed by atoms with Crippen LogP contribution in [0.2, 0.25) is 0 Å². The average molecular weight is 569 g/mol. The molecular weight excluding hydrogens is 527 g/mol. The van der Waals surface area contributed by atoms with Crippen molar-refractivity contribution in [1.82, 2.24) is 0 Å². The maximum atomic E-state index is 14.2. The minimum atomic E-state index is -0.391. The molecule has 5 atom stereocenters. The minimum Gasteiger partial charge on any atom is -0.469 e. The van der Waals surface area contributed by atoms with E-state index < -0.39 is 6.10 Å². The van der Waals surface area contributed by atoms with E-state index in [1.54, 1.807) is 30.3 Å². The number of hydrogen-bond donors (Lipinski definition) is 0. The van der Waals surface area contributed by atoms with Gasteiger partial charge in [0.2, 0.25) is 0 Å². The largest absolute Gasteiger partial charge is 0.469 e. The predicted molar refractivity (Wildman–Crippen MR) is 151 cm³/mol. The lowest BCUT2D eigenvalue weighted by Gasteiger charge is -2.30. The summed E-state index contributed by atoms with van der Waals surface area (Å²) in [4.78, 5) is 24.5. The van der Waals surface area contributed by atoms with E-state index in [0.29, 0.717) is 50.0 Å². The second-order valence-electron chi connectivity index (χ2n) is 10.6. The number of methoxy groups -OCH3 is 1. The molecule has 222 valence electrons. The highest BCUT2D eigenvalue weighted by Crippen LogP contribution is 2.41. The first kappa shape index (κ1) is 30.9. The van der Waals surface area contributed by atoms with E-state index in [1.807, 2.05) is 18.2 Å². The van der Waals surface area contributed by atoms with Gasteiger partial charge in [0.15, 0.2) is 6.29 Å². The van der Waals surface area contributed by atoms with Crippen LogP contribution in [0.1, 0.15) is 67.3 Å². The molecule has 1 unspecified atom stereocenters. The molecule has 2 aromatic rings. The fraction of sp³-hybridized carbons (Fsp3) is 0.515. The number of unbranched alkanes of at least 4 members (excludes halogenated alkanes) is 1. The van der Waals surface area contributed by atoms with Gasteiger partial charge in [0.1, 0.15) is 11.9 Å². The first-order valence-corrected chi connectivity index (χ1v) is 14.6. The van der Waals surface area contributed by atoms with Crippen LogP contribution in [0.5, 0.6) is 0 Å². The van der Waals surface area contributed by atoms with Crippen molar-refractivity contribution < 1.29 is 37.7 Å². The fourth-order valence-electron chi connectivity index (χ4n) is 5.53. The number of rotatable bonds is 14. The average Bonchev–Trinajstić information content (AvgIpc) is 3.31. The molecule has 1 aliphatic heterocycles. The minimum absolute atomic E-state index is 0.0752. The van der Waals surface area contributed by atoms with Crippen LogP contribution in [-0.2, 0) is 35.1 Å². The lowest BCUT2D eigenvalue weighted by atomic mass is 9.90. The van der Waals surface area contributed by atoms with Gasteiger partial charge in [-0.15, -0.1) is 0 Å². The van der Waals surface area contributed by atoms with Crippen molar-refractivity contribution in [2.45, 2.75) is 76.5 Å². The number of carbonyl (C=O) groups excluding carboxylic acids is 2. The van der Waals surface area contributed by atoms with Crippen molar-refractivity contribution in [3.05, 3.63) is 83.7 Å². The van der Waals surface area contributed by atoms with Crippen LogP contribution in [0.4, 0.5) is 4.39 Å². The zero-order valence-corrected chi connectivity index (χ0v) is 23.8. The number of benzene rings is 2. The molecule has 0 N–H and O–H groups in total. The molecule has 1 heterocycles. The number of hydrogen-bond acceptors (Lipinski definition) is 7. The Kier molecular flexibility index (Phi) is 12.3. The van der Waals surface area contributed by atoms with E-state index >= 15 is 0 Å². The maximum Gasteiger partial charge on any atom is 0.338 e. The normalized spacial score (nSPS) is 24.4. The van der Waals surface area contributed by atoms with Crippen molar-refractivity contribution in [2.24, 2.45) is 11.8 Å². The second kappa shape index (κ2) is 16.4. The molecule has 2 aliphatic rings. The van der Waals surface area contributed by atoms with E-state index in [1.165, 1.54) is 13.2 Å². The third kappa shape index (κ3) is 9.48. The number of esters is 2. The Morgan fingerprint density at radius 3 is 2.56 bits per heavy atom. The Balaban J connectivity index is 1.48. The van der Waals surface area contributed by atoms with E-state index in [9.17, 15) is 14.0 Å². The van der Waals surface area contributed by atoms with Gasteiger partial charge in [0, 0.05) is 36.8 Å². The zero-order valence-electron chi connectivity index (χ0n) is 23.8. The summed E-state index contributed by atoms with van der Waals surface area (Å²) < 4.78 is 43.5. The summed E-state index contributed by atoms with van der Waals surface area (Å²) in [5, 5.41) is 0. The number of allylic oxidation sites excluding steroid dienone is 2. The number of ether oxygens (including phenoxy) is 5. The van der Waals surface area contributed by atoms with Crippen LogP contribution in [0.3, 0.4) is 0 Å². The van der Waals surface area contributed by atoms with Gasteiger partial charge in [-0.3, -0.25) is 4.79 Å². The first-order valence-electron chi connectivity index (χ1n) is 14.6. The second-order valence-corrected chi connectivity index (χ2v) is 10.6. The van der Waals surface area contributed by atoms with Crippen LogP contribution in [0, 0.1) is 17.7 Å². The van der Waals surface area contributed by atoms with Gasteiger partial charge in [0.05, 0.1) is 32.0 Å². The summed E-state index contributed by atoms with van der Waals surface area (Å²) in [5.41, 5.74) is 0.990. The van der Waals surface area contributed by atoms with Crippen molar-refractivity contribution in [3.63, 3.8) is 0 Å². The molecule has 0 amide bonds. The highest BCUT2D eigenvalue weighted by molar-refractivity contribution is 5.89. The van der Waals surface area contributed by atoms with Gasteiger partial charge in [-0.05, 0) is 56.7 Å². The van der Waals surface area contributed by atoms with E-state index in [4.69, 9.17) is 23.7 Å². The monoisotopic (exact) mass is 568 g/mol. The molecule has 0 bridgehead atoms. The Labute approximate surface area is 242 Å². The lowest BCUT2D eigenvalue weighted by Crippen LogP contribution is -2.33.